The Hall–Kier alpha value is -5.86. The van der Waals surface area contributed by atoms with E-state index in [-0.39, 0.29) is 68.7 Å². The van der Waals surface area contributed by atoms with Gasteiger partial charge in [0.2, 0.25) is 29.5 Å². The number of nitrogens with zero attached hydrogens (tertiary/aromatic N) is 1. The smallest absolute Gasteiger partial charge is 0.309 e. The lowest BCUT2D eigenvalue weighted by atomic mass is 9.91. The molecule has 1 saturated carbocycles. The van der Waals surface area contributed by atoms with Crippen LogP contribution in [0.25, 0.3) is 0 Å². The minimum atomic E-state index is -1.06. The lowest BCUT2D eigenvalue weighted by molar-refractivity contribution is -0.150. The molecule has 0 aromatic heterocycles. The van der Waals surface area contributed by atoms with Gasteiger partial charge in [-0.25, -0.2) is 0 Å². The number of amides is 7. The molecule has 15 nitrogen and oxygen atoms in total. The summed E-state index contributed by atoms with van der Waals surface area (Å²) in [4.78, 5) is 100. The van der Waals surface area contributed by atoms with Crippen molar-refractivity contribution in [1.82, 2.24) is 26.2 Å². The SMILES string of the molecule is O=C(CCCCCN1C(=O)C=CC1=O)NCC(=O)NCC(=O)N[C@@H](Cc1ccccc1)C(=O)NCC(=O)Nc1ccc(COC(=O)C2CCCCCCC2)cc1. The van der Waals surface area contributed by atoms with E-state index < -0.39 is 36.2 Å². The molecule has 0 radical (unpaired) electrons. The van der Waals surface area contributed by atoms with Crippen LogP contribution >= 0.6 is 0 Å². The Bertz CT molecular complexity index is 1690. The van der Waals surface area contributed by atoms with Crippen LogP contribution in [0.4, 0.5) is 5.69 Å². The molecule has 4 rings (SSSR count). The van der Waals surface area contributed by atoms with Crippen molar-refractivity contribution in [3.05, 3.63) is 77.9 Å². The normalized spacial score (nSPS) is 14.9. The van der Waals surface area contributed by atoms with E-state index in [4.69, 9.17) is 4.74 Å². The van der Waals surface area contributed by atoms with E-state index in [1.165, 1.54) is 18.6 Å². The molecule has 1 aliphatic carbocycles. The van der Waals surface area contributed by atoms with Crippen LogP contribution in [0.2, 0.25) is 0 Å². The summed E-state index contributed by atoms with van der Waals surface area (Å²) < 4.78 is 5.57. The molecule has 2 aliphatic rings. The number of esters is 1. The maximum absolute atomic E-state index is 13.2. The third-order valence-electron chi connectivity index (χ3n) is 9.49. The maximum atomic E-state index is 13.2. The van der Waals surface area contributed by atoms with Crippen LogP contribution in [0.5, 0.6) is 0 Å². The summed E-state index contributed by atoms with van der Waals surface area (Å²) in [6, 6.07) is 14.8. The molecule has 0 unspecified atom stereocenters. The zero-order valence-corrected chi connectivity index (χ0v) is 31.6. The van der Waals surface area contributed by atoms with Gasteiger partial charge in [-0.3, -0.25) is 43.3 Å². The highest BCUT2D eigenvalue weighted by Crippen LogP contribution is 2.24. The predicted octanol–water partition coefficient (Wildman–Crippen LogP) is 2.59. The number of carbonyl (C=O) groups is 8. The van der Waals surface area contributed by atoms with Crippen molar-refractivity contribution in [3.63, 3.8) is 0 Å². The highest BCUT2D eigenvalue weighted by molar-refractivity contribution is 6.12. The van der Waals surface area contributed by atoms with Gasteiger partial charge in [0.05, 0.1) is 25.6 Å². The molecule has 1 aliphatic heterocycles. The summed E-state index contributed by atoms with van der Waals surface area (Å²) >= 11 is 0. The molecule has 1 atom stereocenters. The van der Waals surface area contributed by atoms with Gasteiger partial charge >= 0.3 is 5.97 Å². The van der Waals surface area contributed by atoms with E-state index in [0.717, 1.165) is 54.6 Å². The van der Waals surface area contributed by atoms with Crippen molar-refractivity contribution in [2.24, 2.45) is 5.92 Å². The fraction of sp³-hybridized carbons (Fsp3) is 0.463. The Morgan fingerprint density at radius 3 is 1.98 bits per heavy atom. The van der Waals surface area contributed by atoms with Crippen molar-refractivity contribution < 1.29 is 43.1 Å². The van der Waals surface area contributed by atoms with Crippen molar-refractivity contribution in [3.8, 4) is 0 Å². The van der Waals surface area contributed by atoms with Crippen LogP contribution in [-0.4, -0.2) is 84.4 Å². The number of benzene rings is 2. The molecular weight excluding hydrogens is 720 g/mol. The highest BCUT2D eigenvalue weighted by atomic mass is 16.5. The van der Waals surface area contributed by atoms with Crippen LogP contribution in [0.15, 0.2) is 66.7 Å². The maximum Gasteiger partial charge on any atom is 0.309 e. The fourth-order valence-corrected chi connectivity index (χ4v) is 6.34. The van der Waals surface area contributed by atoms with Gasteiger partial charge < -0.3 is 31.3 Å². The summed E-state index contributed by atoms with van der Waals surface area (Å²) in [6.07, 6.45) is 11.7. The molecule has 56 heavy (non-hydrogen) atoms. The number of ether oxygens (including phenoxy) is 1. The molecular formula is C41H52N6O9. The Kier molecular flexibility index (Phi) is 17.7. The van der Waals surface area contributed by atoms with Crippen LogP contribution < -0.4 is 26.6 Å². The summed E-state index contributed by atoms with van der Waals surface area (Å²) in [7, 11) is 0. The van der Waals surface area contributed by atoms with Crippen molar-refractivity contribution in [1.29, 1.82) is 0 Å². The molecule has 5 N–H and O–H groups in total. The quantitative estimate of drug-likeness (QED) is 0.0760. The molecule has 1 heterocycles. The largest absolute Gasteiger partial charge is 0.461 e. The molecule has 0 spiro atoms. The number of nitrogens with one attached hydrogen (secondary N) is 5. The minimum Gasteiger partial charge on any atom is -0.461 e. The second-order valence-electron chi connectivity index (χ2n) is 13.9. The molecule has 0 saturated heterocycles. The average molecular weight is 773 g/mol. The van der Waals surface area contributed by atoms with E-state index in [1.54, 1.807) is 48.5 Å². The van der Waals surface area contributed by atoms with Gasteiger partial charge in [-0.05, 0) is 48.9 Å². The van der Waals surface area contributed by atoms with Crippen molar-refractivity contribution in [2.45, 2.75) is 89.7 Å². The Morgan fingerprint density at radius 2 is 1.29 bits per heavy atom. The van der Waals surface area contributed by atoms with Gasteiger partial charge in [0.1, 0.15) is 12.6 Å². The summed E-state index contributed by atoms with van der Waals surface area (Å²) in [5.41, 5.74) is 2.03. The number of anilines is 1. The van der Waals surface area contributed by atoms with Crippen molar-refractivity contribution in [2.75, 3.05) is 31.5 Å². The van der Waals surface area contributed by atoms with Gasteiger partial charge in [0, 0.05) is 37.2 Å². The number of imide groups is 1. The Morgan fingerprint density at radius 1 is 0.661 bits per heavy atom. The number of carbonyl (C=O) groups excluding carboxylic acids is 8. The van der Waals surface area contributed by atoms with E-state index in [0.29, 0.717) is 24.9 Å². The topological polar surface area (TPSA) is 209 Å². The number of unbranched alkanes of at least 4 members (excludes halogenated alkanes) is 2. The van der Waals surface area contributed by atoms with Crippen LogP contribution in [-0.2, 0) is 56.1 Å². The van der Waals surface area contributed by atoms with Gasteiger partial charge in [0.15, 0.2) is 0 Å². The zero-order chi connectivity index (χ0) is 40.1. The van der Waals surface area contributed by atoms with E-state index >= 15 is 0 Å². The molecule has 7 amide bonds. The van der Waals surface area contributed by atoms with E-state index in [1.807, 2.05) is 6.07 Å². The van der Waals surface area contributed by atoms with Crippen LogP contribution in [0.3, 0.4) is 0 Å². The molecule has 0 bridgehead atoms. The summed E-state index contributed by atoms with van der Waals surface area (Å²) in [5.74, 6) is -3.63. The van der Waals surface area contributed by atoms with Crippen LogP contribution in [0.1, 0.15) is 81.8 Å². The first kappa shape index (κ1) is 42.9. The number of hydrogen-bond acceptors (Lipinski definition) is 9. The minimum absolute atomic E-state index is 0.0559. The fourth-order valence-electron chi connectivity index (χ4n) is 6.34. The van der Waals surface area contributed by atoms with Gasteiger partial charge in [0.25, 0.3) is 11.8 Å². The summed E-state index contributed by atoms with van der Waals surface area (Å²) in [6.45, 7) is -0.754. The lowest BCUT2D eigenvalue weighted by Gasteiger charge is -2.19. The summed E-state index contributed by atoms with van der Waals surface area (Å²) in [5, 5.41) is 12.8. The van der Waals surface area contributed by atoms with E-state index in [2.05, 4.69) is 26.6 Å². The number of hydrogen-bond donors (Lipinski definition) is 5. The second kappa shape index (κ2) is 23.1. The van der Waals surface area contributed by atoms with Crippen LogP contribution in [0, 0.1) is 5.92 Å². The number of rotatable bonds is 20. The molecule has 2 aromatic rings. The average Bonchev–Trinajstić information content (AvgIpc) is 3.50. The third-order valence-corrected chi connectivity index (χ3v) is 9.49. The molecule has 1 fully saturated rings. The highest BCUT2D eigenvalue weighted by Gasteiger charge is 2.24. The van der Waals surface area contributed by atoms with Gasteiger partial charge in [-0.15, -0.1) is 0 Å². The standard InChI is InChI=1S/C41H52N6O9/c48-34(16-10-5-11-23-47-38(52)21-22-39(47)53)42-25-35(49)43-26-37(51)46-33(24-29-12-6-4-7-13-29)40(54)44-27-36(50)45-32-19-17-30(18-20-32)28-56-41(55)31-14-8-2-1-3-9-15-31/h4,6-7,12-13,17-22,31,33H,1-3,5,8-11,14-16,23-28H2,(H,42,48)(H,43,49)(H,44,54)(H,45,50)(H,46,51)/t33-/m0/s1. The molecule has 2 aromatic carbocycles. The Labute approximate surface area is 326 Å². The Balaban J connectivity index is 1.14. The van der Waals surface area contributed by atoms with E-state index in [9.17, 15) is 38.4 Å². The monoisotopic (exact) mass is 772 g/mol. The molecule has 15 heteroatoms. The first-order valence-electron chi connectivity index (χ1n) is 19.3. The first-order chi connectivity index (χ1) is 27.1. The third kappa shape index (κ3) is 15.5. The predicted molar refractivity (Wildman–Crippen MR) is 206 cm³/mol. The zero-order valence-electron chi connectivity index (χ0n) is 31.6. The van der Waals surface area contributed by atoms with Gasteiger partial charge in [-0.2, -0.15) is 0 Å². The lowest BCUT2D eigenvalue weighted by Crippen LogP contribution is -2.52. The van der Waals surface area contributed by atoms with Crippen molar-refractivity contribution >= 4 is 53.0 Å². The van der Waals surface area contributed by atoms with Gasteiger partial charge in [-0.1, -0.05) is 81.0 Å². The first-order valence-corrected chi connectivity index (χ1v) is 19.3. The second-order valence-corrected chi connectivity index (χ2v) is 13.9. The molecule has 300 valence electrons.